The molecule has 1 aromatic heterocycles. The number of hydrogen-bond acceptors (Lipinski definition) is 1. The summed E-state index contributed by atoms with van der Waals surface area (Å²) in [6.45, 7) is 3.36. The molecule has 16 heavy (non-hydrogen) atoms. The summed E-state index contributed by atoms with van der Waals surface area (Å²) < 4.78 is 42.2. The highest BCUT2D eigenvalue weighted by molar-refractivity contribution is 7.25. The average Bonchev–Trinajstić information content (AvgIpc) is 2.75. The topological polar surface area (TPSA) is 0 Å². The third-order valence-corrected chi connectivity index (χ3v) is 3.69. The van der Waals surface area contributed by atoms with E-state index < -0.39 is 5.89 Å². The Morgan fingerprint density at radius 2 is 2.06 bits per heavy atom. The van der Waals surface area contributed by atoms with E-state index in [-0.39, 0.29) is 18.1 Å². The van der Waals surface area contributed by atoms with Gasteiger partial charge in [-0.15, -0.1) is 11.3 Å². The number of hydrogen-bond donors (Lipinski definition) is 0. The molecule has 1 heteroatoms. The molecule has 0 saturated carbocycles. The van der Waals surface area contributed by atoms with Gasteiger partial charge >= 0.3 is 0 Å². The Bertz CT molecular complexity index is 874. The summed E-state index contributed by atoms with van der Waals surface area (Å²) >= 11 is 1.36. The van der Waals surface area contributed by atoms with E-state index in [9.17, 15) is 0 Å². The van der Waals surface area contributed by atoms with Crippen LogP contribution in [0.5, 0.6) is 0 Å². The summed E-state index contributed by atoms with van der Waals surface area (Å²) in [5.74, 6) is -1.06. The van der Waals surface area contributed by atoms with E-state index >= 15 is 0 Å². The predicted octanol–water partition coefficient (Wildman–Crippen LogP) is 5.18. The molecule has 0 spiro atoms. The summed E-state index contributed by atoms with van der Waals surface area (Å²) in [4.78, 5) is 0. The van der Waals surface area contributed by atoms with Crippen molar-refractivity contribution in [2.45, 2.75) is 19.7 Å². The number of thiophene rings is 1. The zero-order valence-electron chi connectivity index (χ0n) is 14.1. The molecule has 0 aliphatic heterocycles. The molecule has 3 rings (SSSR count). The van der Waals surface area contributed by atoms with Gasteiger partial charge in [0.1, 0.15) is 0 Å². The molecule has 0 atom stereocenters. The van der Waals surface area contributed by atoms with Crippen molar-refractivity contribution in [3.05, 3.63) is 47.9 Å². The summed E-state index contributed by atoms with van der Waals surface area (Å²) in [5.41, 5.74) is 0.435. The molecule has 80 valence electrons. The first-order valence-electron chi connectivity index (χ1n) is 7.65. The molecule has 0 radical (unpaired) electrons. The van der Waals surface area contributed by atoms with E-state index in [4.69, 9.17) is 6.85 Å². The predicted molar refractivity (Wildman–Crippen MR) is 73.4 cm³/mol. The van der Waals surface area contributed by atoms with Gasteiger partial charge in [-0.1, -0.05) is 44.1 Å². The van der Waals surface area contributed by atoms with Gasteiger partial charge in [-0.3, -0.25) is 0 Å². The van der Waals surface area contributed by atoms with E-state index in [2.05, 4.69) is 0 Å². The second-order valence-electron chi connectivity index (χ2n) is 3.97. The van der Waals surface area contributed by atoms with Gasteiger partial charge in [0.2, 0.25) is 0 Å². The van der Waals surface area contributed by atoms with Crippen molar-refractivity contribution < 1.29 is 6.85 Å². The van der Waals surface area contributed by atoms with Gasteiger partial charge in [0, 0.05) is 21.5 Å². The molecular formula is C15H14S. The Hall–Kier alpha value is -1.34. The quantitative estimate of drug-likeness (QED) is 0.541. The molecule has 0 unspecified atom stereocenters. The third-order valence-electron chi connectivity index (χ3n) is 2.62. The van der Waals surface area contributed by atoms with Crippen molar-refractivity contribution in [1.82, 2.24) is 0 Å². The van der Waals surface area contributed by atoms with Crippen LogP contribution in [-0.2, 0) is 0 Å². The highest BCUT2D eigenvalue weighted by Gasteiger charge is 2.10. The van der Waals surface area contributed by atoms with Crippen molar-refractivity contribution >= 4 is 31.5 Å². The molecule has 0 fully saturated rings. The molecule has 0 nitrogen and oxygen atoms in total. The van der Waals surface area contributed by atoms with Crippen LogP contribution >= 0.6 is 11.3 Å². The van der Waals surface area contributed by atoms with Crippen LogP contribution in [0.4, 0.5) is 0 Å². The lowest BCUT2D eigenvalue weighted by molar-refractivity contribution is 0.877. The molecule has 0 aliphatic carbocycles. The van der Waals surface area contributed by atoms with Crippen LogP contribution in [0, 0.1) is 0 Å². The van der Waals surface area contributed by atoms with Crippen molar-refractivity contribution in [1.29, 1.82) is 0 Å². The maximum atomic E-state index is 8.33. The number of benzene rings is 2. The first kappa shape index (κ1) is 5.83. The molecular weight excluding hydrogens is 212 g/mol. The molecule has 0 amide bonds. The largest absolute Gasteiger partial charge is 0.135 e. The molecule has 1 heterocycles. The molecule has 0 N–H and O–H groups in total. The van der Waals surface area contributed by atoms with Crippen LogP contribution in [0.15, 0.2) is 42.4 Å². The lowest BCUT2D eigenvalue weighted by atomic mass is 9.97. The Balaban J connectivity index is 2.70. The van der Waals surface area contributed by atoms with Crippen LogP contribution in [0.3, 0.4) is 0 Å². The molecule has 0 aliphatic rings. The molecule has 0 bridgehead atoms. The maximum absolute atomic E-state index is 8.33. The SMILES string of the molecule is [2H]c1c([2H])c(C([2H])(C)C)c2c(sc3cccc([2H])c32)c1[2H]. The van der Waals surface area contributed by atoms with Crippen molar-refractivity contribution in [2.75, 3.05) is 0 Å². The zero-order chi connectivity index (χ0) is 15.5. The maximum Gasteiger partial charge on any atom is 0.0638 e. The van der Waals surface area contributed by atoms with Crippen LogP contribution in [0.2, 0.25) is 0 Å². The van der Waals surface area contributed by atoms with Crippen molar-refractivity contribution in [3.63, 3.8) is 0 Å². The second-order valence-corrected chi connectivity index (χ2v) is 5.02. The first-order chi connectivity index (χ1) is 9.73. The van der Waals surface area contributed by atoms with Gasteiger partial charge in [0.05, 0.1) is 5.48 Å². The van der Waals surface area contributed by atoms with Crippen molar-refractivity contribution in [3.8, 4) is 0 Å². The summed E-state index contributed by atoms with van der Waals surface area (Å²) in [6.07, 6.45) is 0. The Morgan fingerprint density at radius 3 is 2.88 bits per heavy atom. The van der Waals surface area contributed by atoms with E-state index in [0.29, 0.717) is 27.1 Å². The smallest absolute Gasteiger partial charge is 0.0638 e. The highest BCUT2D eigenvalue weighted by Crippen LogP contribution is 2.37. The lowest BCUT2D eigenvalue weighted by Gasteiger charge is -2.07. The first-order valence-corrected chi connectivity index (χ1v) is 5.97. The van der Waals surface area contributed by atoms with Crippen LogP contribution in [-0.4, -0.2) is 0 Å². The zero-order valence-corrected chi connectivity index (χ0v) is 9.96. The number of fused-ring (bicyclic) bond motifs is 3. The number of rotatable bonds is 1. The van der Waals surface area contributed by atoms with Gasteiger partial charge < -0.3 is 0 Å². The third kappa shape index (κ3) is 1.35. The summed E-state index contributed by atoms with van der Waals surface area (Å²) in [6, 6.07) is 5.48. The van der Waals surface area contributed by atoms with Crippen LogP contribution < -0.4 is 0 Å². The van der Waals surface area contributed by atoms with E-state index in [1.165, 1.54) is 11.3 Å². The summed E-state index contributed by atoms with van der Waals surface area (Å²) in [7, 11) is 0. The second kappa shape index (κ2) is 3.60. The molecule has 0 saturated heterocycles. The van der Waals surface area contributed by atoms with E-state index in [1.54, 1.807) is 26.0 Å². The monoisotopic (exact) mass is 231 g/mol. The van der Waals surface area contributed by atoms with Gasteiger partial charge in [-0.2, -0.15) is 0 Å². The minimum absolute atomic E-state index is 0.0172. The standard InChI is InChI=1S/C15H14S/c1-10(2)11-7-5-9-14-15(11)12-6-3-4-8-13(12)16-14/h3-10H,1-2H3/i5D,6D,7D,9D,10D. The fraction of sp³-hybridized carbons (Fsp3) is 0.200. The Labute approximate surface area is 107 Å². The average molecular weight is 231 g/mol. The molecule has 2 aromatic carbocycles. The van der Waals surface area contributed by atoms with Gasteiger partial charge in [0.15, 0.2) is 0 Å². The Morgan fingerprint density at radius 1 is 1.19 bits per heavy atom. The minimum atomic E-state index is -1.06. The fourth-order valence-electron chi connectivity index (χ4n) is 1.89. The normalized spacial score (nSPS) is 16.8. The highest BCUT2D eigenvalue weighted by atomic mass is 32.1. The summed E-state index contributed by atoms with van der Waals surface area (Å²) in [5, 5.41) is 1.32. The minimum Gasteiger partial charge on any atom is -0.135 e. The van der Waals surface area contributed by atoms with Gasteiger partial charge in [-0.25, -0.2) is 0 Å². The molecule has 3 aromatic rings. The van der Waals surface area contributed by atoms with Gasteiger partial charge in [0.25, 0.3) is 0 Å². The van der Waals surface area contributed by atoms with Crippen LogP contribution in [0.1, 0.15) is 32.2 Å². The fourth-order valence-corrected chi connectivity index (χ4v) is 2.93. The van der Waals surface area contributed by atoms with E-state index in [1.807, 2.05) is 6.07 Å². The lowest BCUT2D eigenvalue weighted by Crippen LogP contribution is -1.86. The van der Waals surface area contributed by atoms with E-state index in [0.717, 1.165) is 4.70 Å². The van der Waals surface area contributed by atoms with Gasteiger partial charge in [-0.05, 0) is 23.6 Å². The van der Waals surface area contributed by atoms with Crippen molar-refractivity contribution in [2.24, 2.45) is 0 Å². The Kier molecular flexibility index (Phi) is 1.31. The van der Waals surface area contributed by atoms with Crippen LogP contribution in [0.25, 0.3) is 20.2 Å².